The Morgan fingerprint density at radius 2 is 2.33 bits per heavy atom. The topological polar surface area (TPSA) is 64.9 Å². The van der Waals surface area contributed by atoms with Gasteiger partial charge in [-0.25, -0.2) is 0 Å². The molecule has 5 heteroatoms. The molecule has 1 saturated heterocycles. The zero-order chi connectivity index (χ0) is 14.8. The van der Waals surface area contributed by atoms with Crippen LogP contribution in [0.5, 0.6) is 0 Å². The minimum atomic E-state index is 0.0309. The first-order valence-electron chi connectivity index (χ1n) is 7.75. The zero-order valence-electron chi connectivity index (χ0n) is 12.4. The highest BCUT2D eigenvalue weighted by atomic mass is 32.1. The summed E-state index contributed by atoms with van der Waals surface area (Å²) in [7, 11) is 0. The molecule has 2 aliphatic rings. The van der Waals surface area contributed by atoms with Gasteiger partial charge < -0.3 is 10.6 Å². The van der Waals surface area contributed by atoms with Gasteiger partial charge in [0.2, 0.25) is 5.91 Å². The lowest BCUT2D eigenvalue weighted by molar-refractivity contribution is -0.120. The van der Waals surface area contributed by atoms with Crippen LogP contribution in [0.2, 0.25) is 0 Å². The number of nitriles is 1. The lowest BCUT2D eigenvalue weighted by Gasteiger charge is -2.21. The Morgan fingerprint density at radius 3 is 3.05 bits per heavy atom. The van der Waals surface area contributed by atoms with E-state index in [-0.39, 0.29) is 11.8 Å². The molecule has 2 heterocycles. The van der Waals surface area contributed by atoms with Gasteiger partial charge in [-0.2, -0.15) is 5.26 Å². The molecule has 21 heavy (non-hydrogen) atoms. The standard InChI is InChI=1S/C16H21N3OS/c1-10-4-5-12-13(8-17)16(21-14(12)7-10)19-15(20)11-3-2-6-18-9-11/h10-11,18H,2-7,9H2,1H3,(H,19,20)/t10?,11-/m0/s1. The summed E-state index contributed by atoms with van der Waals surface area (Å²) in [6.45, 7) is 3.99. The van der Waals surface area contributed by atoms with Crippen LogP contribution in [-0.2, 0) is 17.6 Å². The molecule has 1 aliphatic heterocycles. The number of piperidine rings is 1. The summed E-state index contributed by atoms with van der Waals surface area (Å²) in [5, 5.41) is 16.5. The van der Waals surface area contributed by atoms with Gasteiger partial charge in [0.15, 0.2) is 0 Å². The van der Waals surface area contributed by atoms with Gasteiger partial charge in [0.25, 0.3) is 0 Å². The summed E-state index contributed by atoms with van der Waals surface area (Å²) >= 11 is 1.61. The van der Waals surface area contributed by atoms with Crippen LogP contribution >= 0.6 is 11.3 Å². The molecule has 0 bridgehead atoms. The summed E-state index contributed by atoms with van der Waals surface area (Å²) in [6.07, 6.45) is 5.12. The largest absolute Gasteiger partial charge is 0.316 e. The first-order valence-corrected chi connectivity index (χ1v) is 8.57. The second-order valence-electron chi connectivity index (χ2n) is 6.20. The number of amides is 1. The van der Waals surface area contributed by atoms with Crippen LogP contribution in [0, 0.1) is 23.2 Å². The molecule has 1 unspecified atom stereocenters. The van der Waals surface area contributed by atoms with Crippen LogP contribution in [0.1, 0.15) is 42.2 Å². The minimum Gasteiger partial charge on any atom is -0.316 e. The molecule has 0 saturated carbocycles. The molecule has 1 fully saturated rings. The average Bonchev–Trinajstić information content (AvgIpc) is 2.84. The maximum absolute atomic E-state index is 12.4. The summed E-state index contributed by atoms with van der Waals surface area (Å²) < 4.78 is 0. The van der Waals surface area contributed by atoms with E-state index >= 15 is 0 Å². The number of thiophene rings is 1. The lowest BCUT2D eigenvalue weighted by Crippen LogP contribution is -2.37. The molecule has 0 aromatic carbocycles. The number of nitrogens with one attached hydrogen (secondary N) is 2. The molecule has 1 aromatic heterocycles. The van der Waals surface area contributed by atoms with Crippen molar-refractivity contribution in [3.8, 4) is 6.07 Å². The molecule has 0 radical (unpaired) electrons. The molecule has 4 nitrogen and oxygen atoms in total. The number of carbonyl (C=O) groups is 1. The monoisotopic (exact) mass is 303 g/mol. The number of hydrogen-bond donors (Lipinski definition) is 2. The van der Waals surface area contributed by atoms with Crippen LogP contribution in [0.3, 0.4) is 0 Å². The average molecular weight is 303 g/mol. The zero-order valence-corrected chi connectivity index (χ0v) is 13.2. The predicted octanol–water partition coefficient (Wildman–Crippen LogP) is 2.68. The van der Waals surface area contributed by atoms with Crippen molar-refractivity contribution in [2.45, 2.75) is 39.0 Å². The number of hydrogen-bond acceptors (Lipinski definition) is 4. The maximum atomic E-state index is 12.4. The van der Waals surface area contributed by atoms with Crippen LogP contribution < -0.4 is 10.6 Å². The number of fused-ring (bicyclic) bond motifs is 1. The fourth-order valence-corrected chi connectivity index (χ4v) is 4.61. The minimum absolute atomic E-state index is 0.0309. The highest BCUT2D eigenvalue weighted by molar-refractivity contribution is 7.16. The van der Waals surface area contributed by atoms with Crippen molar-refractivity contribution in [3.63, 3.8) is 0 Å². The number of nitrogens with zero attached hydrogens (tertiary/aromatic N) is 1. The third kappa shape index (κ3) is 2.97. The molecule has 0 spiro atoms. The second kappa shape index (κ2) is 6.17. The van der Waals surface area contributed by atoms with Gasteiger partial charge in [0.1, 0.15) is 11.1 Å². The van der Waals surface area contributed by atoms with Crippen molar-refractivity contribution in [1.29, 1.82) is 5.26 Å². The normalized spacial score (nSPS) is 25.0. The van der Waals surface area contributed by atoms with E-state index in [1.165, 1.54) is 10.4 Å². The lowest BCUT2D eigenvalue weighted by atomic mass is 9.88. The van der Waals surface area contributed by atoms with Crippen molar-refractivity contribution < 1.29 is 4.79 Å². The molecule has 3 rings (SSSR count). The highest BCUT2D eigenvalue weighted by Crippen LogP contribution is 2.39. The number of carbonyl (C=O) groups excluding carboxylic acids is 1. The quantitative estimate of drug-likeness (QED) is 0.883. The van der Waals surface area contributed by atoms with E-state index in [1.807, 2.05) is 0 Å². The van der Waals surface area contributed by atoms with E-state index in [0.29, 0.717) is 11.5 Å². The third-order valence-corrected chi connectivity index (χ3v) is 5.70. The molecule has 2 N–H and O–H groups in total. The highest BCUT2D eigenvalue weighted by Gasteiger charge is 2.27. The van der Waals surface area contributed by atoms with Crippen LogP contribution in [0.4, 0.5) is 5.00 Å². The molecule has 2 atom stereocenters. The number of anilines is 1. The molecular weight excluding hydrogens is 282 g/mol. The van der Waals surface area contributed by atoms with Gasteiger partial charge in [-0.05, 0) is 50.1 Å². The van der Waals surface area contributed by atoms with Gasteiger partial charge in [-0.3, -0.25) is 4.79 Å². The third-order valence-electron chi connectivity index (χ3n) is 4.53. The van der Waals surface area contributed by atoms with Crippen LogP contribution in [0.25, 0.3) is 0 Å². The second-order valence-corrected chi connectivity index (χ2v) is 7.31. The SMILES string of the molecule is CC1CCc2c(sc(NC(=O)[C@H]3CCCNC3)c2C#N)C1. The predicted molar refractivity (Wildman–Crippen MR) is 84.4 cm³/mol. The van der Waals surface area contributed by atoms with E-state index in [2.05, 4.69) is 23.6 Å². The van der Waals surface area contributed by atoms with Gasteiger partial charge in [0.05, 0.1) is 11.5 Å². The van der Waals surface area contributed by atoms with Gasteiger partial charge >= 0.3 is 0 Å². The number of rotatable bonds is 2. The Labute approximate surface area is 129 Å². The molecule has 1 aromatic rings. The summed E-state index contributed by atoms with van der Waals surface area (Å²) in [4.78, 5) is 13.7. The smallest absolute Gasteiger partial charge is 0.229 e. The first kappa shape index (κ1) is 14.6. The Balaban J connectivity index is 1.79. The van der Waals surface area contributed by atoms with Gasteiger partial charge in [-0.15, -0.1) is 11.3 Å². The molecule has 1 aliphatic carbocycles. The van der Waals surface area contributed by atoms with E-state index < -0.39 is 0 Å². The Morgan fingerprint density at radius 1 is 1.48 bits per heavy atom. The maximum Gasteiger partial charge on any atom is 0.229 e. The Hall–Kier alpha value is -1.38. The van der Waals surface area contributed by atoms with Crippen molar-refractivity contribution in [1.82, 2.24) is 5.32 Å². The van der Waals surface area contributed by atoms with Crippen LogP contribution in [-0.4, -0.2) is 19.0 Å². The fraction of sp³-hybridized carbons (Fsp3) is 0.625. The molecular formula is C16H21N3OS. The van der Waals surface area contributed by atoms with Gasteiger partial charge in [-0.1, -0.05) is 6.92 Å². The first-order chi connectivity index (χ1) is 10.2. The van der Waals surface area contributed by atoms with E-state index in [0.717, 1.165) is 50.2 Å². The summed E-state index contributed by atoms with van der Waals surface area (Å²) in [5.74, 6) is 0.766. The van der Waals surface area contributed by atoms with Gasteiger partial charge in [0, 0.05) is 11.4 Å². The van der Waals surface area contributed by atoms with Crippen molar-refractivity contribution in [2.24, 2.45) is 11.8 Å². The van der Waals surface area contributed by atoms with Crippen molar-refractivity contribution in [2.75, 3.05) is 18.4 Å². The Kier molecular flexibility index (Phi) is 4.27. The van der Waals surface area contributed by atoms with E-state index in [1.54, 1.807) is 11.3 Å². The van der Waals surface area contributed by atoms with E-state index in [4.69, 9.17) is 0 Å². The molecule has 1 amide bonds. The van der Waals surface area contributed by atoms with E-state index in [9.17, 15) is 10.1 Å². The van der Waals surface area contributed by atoms with Crippen molar-refractivity contribution >= 4 is 22.2 Å². The van der Waals surface area contributed by atoms with Crippen LogP contribution in [0.15, 0.2) is 0 Å². The Bertz CT molecular complexity index is 581. The van der Waals surface area contributed by atoms with Crippen molar-refractivity contribution in [3.05, 3.63) is 16.0 Å². The summed E-state index contributed by atoms with van der Waals surface area (Å²) in [6, 6.07) is 2.31. The summed E-state index contributed by atoms with van der Waals surface area (Å²) in [5.41, 5.74) is 1.89. The fourth-order valence-electron chi connectivity index (χ4n) is 3.25. The molecule has 112 valence electrons.